The van der Waals surface area contributed by atoms with E-state index < -0.39 is 0 Å². The summed E-state index contributed by atoms with van der Waals surface area (Å²) < 4.78 is 0. The van der Waals surface area contributed by atoms with E-state index in [2.05, 4.69) is 10.3 Å². The zero-order chi connectivity index (χ0) is 12.8. The first kappa shape index (κ1) is 12.6. The fourth-order valence-electron chi connectivity index (χ4n) is 1.57. The summed E-state index contributed by atoms with van der Waals surface area (Å²) in [7, 11) is 0. The van der Waals surface area contributed by atoms with E-state index in [0.29, 0.717) is 17.1 Å². The number of rotatable bonds is 4. The maximum atomic E-state index is 11.8. The quantitative estimate of drug-likeness (QED) is 0.918. The van der Waals surface area contributed by atoms with Crippen LogP contribution < -0.4 is 5.32 Å². The van der Waals surface area contributed by atoms with Crippen LogP contribution in [0.15, 0.2) is 48.8 Å². The van der Waals surface area contributed by atoms with Gasteiger partial charge >= 0.3 is 0 Å². The van der Waals surface area contributed by atoms with Crippen molar-refractivity contribution in [3.8, 4) is 0 Å². The molecule has 92 valence electrons. The molecule has 0 aliphatic rings. The molecule has 0 fully saturated rings. The lowest BCUT2D eigenvalue weighted by Gasteiger charge is -2.05. The topological polar surface area (TPSA) is 42.0 Å². The molecule has 4 heteroatoms. The predicted molar refractivity (Wildman–Crippen MR) is 71.7 cm³/mol. The Morgan fingerprint density at radius 1 is 1.11 bits per heavy atom. The van der Waals surface area contributed by atoms with Gasteiger partial charge in [-0.25, -0.2) is 0 Å². The molecule has 0 atom stereocenters. The maximum Gasteiger partial charge on any atom is 0.251 e. The highest BCUT2D eigenvalue weighted by Gasteiger charge is 2.04. The standard InChI is InChI=1S/C14H13ClN2O/c15-13-3-1-12(2-4-13)14(18)17-10-7-11-5-8-16-9-6-11/h1-6,8-9H,7,10H2,(H,17,18). The molecule has 0 bridgehead atoms. The fraction of sp³-hybridized carbons (Fsp3) is 0.143. The van der Waals surface area contributed by atoms with E-state index in [4.69, 9.17) is 11.6 Å². The monoisotopic (exact) mass is 260 g/mol. The Hall–Kier alpha value is -1.87. The lowest BCUT2D eigenvalue weighted by molar-refractivity contribution is 0.0954. The Balaban J connectivity index is 1.84. The van der Waals surface area contributed by atoms with Gasteiger partial charge in [-0.05, 0) is 48.4 Å². The molecule has 0 unspecified atom stereocenters. The number of carbonyl (C=O) groups excluding carboxylic acids is 1. The average Bonchev–Trinajstić information content (AvgIpc) is 2.40. The Labute approximate surface area is 111 Å². The SMILES string of the molecule is O=C(NCCc1ccncc1)c1ccc(Cl)cc1. The van der Waals surface area contributed by atoms with Gasteiger partial charge in [0.25, 0.3) is 5.91 Å². The molecule has 1 amide bonds. The van der Waals surface area contributed by atoms with Gasteiger partial charge in [-0.15, -0.1) is 0 Å². The third kappa shape index (κ3) is 3.57. The highest BCUT2D eigenvalue weighted by Crippen LogP contribution is 2.09. The summed E-state index contributed by atoms with van der Waals surface area (Å²) in [5, 5.41) is 3.49. The first-order chi connectivity index (χ1) is 8.75. The van der Waals surface area contributed by atoms with E-state index in [9.17, 15) is 4.79 Å². The van der Waals surface area contributed by atoms with Crippen molar-refractivity contribution in [2.24, 2.45) is 0 Å². The van der Waals surface area contributed by atoms with Gasteiger partial charge in [0.05, 0.1) is 0 Å². The minimum absolute atomic E-state index is 0.0827. The van der Waals surface area contributed by atoms with Gasteiger partial charge in [-0.3, -0.25) is 9.78 Å². The third-order valence-corrected chi connectivity index (χ3v) is 2.81. The van der Waals surface area contributed by atoms with E-state index in [0.717, 1.165) is 12.0 Å². The smallest absolute Gasteiger partial charge is 0.251 e. The lowest BCUT2D eigenvalue weighted by Crippen LogP contribution is -2.25. The summed E-state index contributed by atoms with van der Waals surface area (Å²) >= 11 is 5.76. The number of nitrogens with zero attached hydrogens (tertiary/aromatic N) is 1. The van der Waals surface area contributed by atoms with Crippen LogP contribution in [-0.2, 0) is 6.42 Å². The van der Waals surface area contributed by atoms with Crippen LogP contribution in [0.2, 0.25) is 5.02 Å². The van der Waals surface area contributed by atoms with Crippen LogP contribution in [0.3, 0.4) is 0 Å². The van der Waals surface area contributed by atoms with E-state index in [-0.39, 0.29) is 5.91 Å². The molecule has 1 N–H and O–H groups in total. The molecule has 0 spiro atoms. The van der Waals surface area contributed by atoms with E-state index >= 15 is 0 Å². The van der Waals surface area contributed by atoms with E-state index in [1.165, 1.54) is 0 Å². The molecule has 2 aromatic rings. The van der Waals surface area contributed by atoms with E-state index in [1.54, 1.807) is 36.7 Å². The minimum atomic E-state index is -0.0827. The van der Waals surface area contributed by atoms with Gasteiger partial charge in [-0.2, -0.15) is 0 Å². The molecule has 1 heterocycles. The van der Waals surface area contributed by atoms with Crippen LogP contribution in [0.4, 0.5) is 0 Å². The summed E-state index contributed by atoms with van der Waals surface area (Å²) in [5.74, 6) is -0.0827. The highest BCUT2D eigenvalue weighted by molar-refractivity contribution is 6.30. The fourth-order valence-corrected chi connectivity index (χ4v) is 1.70. The second kappa shape index (κ2) is 6.17. The summed E-state index contributed by atoms with van der Waals surface area (Å²) in [5.41, 5.74) is 1.77. The molecule has 18 heavy (non-hydrogen) atoms. The van der Waals surface area contributed by atoms with Crippen molar-refractivity contribution in [2.75, 3.05) is 6.54 Å². The number of pyridine rings is 1. The lowest BCUT2D eigenvalue weighted by atomic mass is 10.2. The largest absolute Gasteiger partial charge is 0.352 e. The normalized spacial score (nSPS) is 10.1. The highest BCUT2D eigenvalue weighted by atomic mass is 35.5. The Bertz CT molecular complexity index is 511. The number of amides is 1. The zero-order valence-corrected chi connectivity index (χ0v) is 10.5. The molecule has 0 radical (unpaired) electrons. The molecular formula is C14H13ClN2O. The predicted octanol–water partition coefficient (Wildman–Crippen LogP) is 2.71. The van der Waals surface area contributed by atoms with Crippen molar-refractivity contribution in [3.05, 3.63) is 64.9 Å². The number of aromatic nitrogens is 1. The first-order valence-electron chi connectivity index (χ1n) is 5.68. The summed E-state index contributed by atoms with van der Waals surface area (Å²) in [6.45, 7) is 0.603. The zero-order valence-electron chi connectivity index (χ0n) is 9.77. The third-order valence-electron chi connectivity index (χ3n) is 2.55. The Morgan fingerprint density at radius 3 is 2.44 bits per heavy atom. The van der Waals surface area contributed by atoms with Gasteiger partial charge in [-0.1, -0.05) is 11.6 Å². The first-order valence-corrected chi connectivity index (χ1v) is 6.06. The summed E-state index contributed by atoms with van der Waals surface area (Å²) in [6.07, 6.45) is 4.29. The number of benzene rings is 1. The number of halogens is 1. The van der Waals surface area contributed by atoms with Crippen LogP contribution in [-0.4, -0.2) is 17.4 Å². The van der Waals surface area contributed by atoms with Gasteiger partial charge in [0.2, 0.25) is 0 Å². The summed E-state index contributed by atoms with van der Waals surface area (Å²) in [6, 6.07) is 10.7. The molecule has 2 rings (SSSR count). The van der Waals surface area contributed by atoms with Crippen LogP contribution in [0, 0.1) is 0 Å². The Kier molecular flexibility index (Phi) is 4.31. The minimum Gasteiger partial charge on any atom is -0.352 e. The van der Waals surface area contributed by atoms with Crippen LogP contribution in [0.25, 0.3) is 0 Å². The molecule has 0 aliphatic heterocycles. The van der Waals surface area contributed by atoms with Crippen molar-refractivity contribution in [3.63, 3.8) is 0 Å². The van der Waals surface area contributed by atoms with Crippen molar-refractivity contribution in [2.45, 2.75) is 6.42 Å². The molecule has 1 aromatic carbocycles. The maximum absolute atomic E-state index is 11.8. The average molecular weight is 261 g/mol. The van der Waals surface area contributed by atoms with Gasteiger partial charge < -0.3 is 5.32 Å². The molecule has 1 aromatic heterocycles. The van der Waals surface area contributed by atoms with Crippen molar-refractivity contribution < 1.29 is 4.79 Å². The van der Waals surface area contributed by atoms with Gasteiger partial charge in [0.1, 0.15) is 0 Å². The Morgan fingerprint density at radius 2 is 1.78 bits per heavy atom. The molecular weight excluding hydrogens is 248 g/mol. The molecule has 0 aliphatic carbocycles. The number of nitrogens with one attached hydrogen (secondary N) is 1. The van der Waals surface area contributed by atoms with Crippen LogP contribution >= 0.6 is 11.6 Å². The number of carbonyl (C=O) groups is 1. The number of hydrogen-bond donors (Lipinski definition) is 1. The van der Waals surface area contributed by atoms with Crippen LogP contribution in [0.5, 0.6) is 0 Å². The van der Waals surface area contributed by atoms with Crippen molar-refractivity contribution >= 4 is 17.5 Å². The second-order valence-corrected chi connectivity index (χ2v) is 4.30. The van der Waals surface area contributed by atoms with Crippen LogP contribution in [0.1, 0.15) is 15.9 Å². The summed E-state index contributed by atoms with van der Waals surface area (Å²) in [4.78, 5) is 15.7. The second-order valence-electron chi connectivity index (χ2n) is 3.87. The molecule has 0 saturated carbocycles. The molecule has 0 saturated heterocycles. The number of hydrogen-bond acceptors (Lipinski definition) is 2. The van der Waals surface area contributed by atoms with Crippen molar-refractivity contribution in [1.82, 2.24) is 10.3 Å². The van der Waals surface area contributed by atoms with Crippen molar-refractivity contribution in [1.29, 1.82) is 0 Å². The van der Waals surface area contributed by atoms with Gasteiger partial charge in [0, 0.05) is 29.5 Å². The van der Waals surface area contributed by atoms with E-state index in [1.807, 2.05) is 12.1 Å². The van der Waals surface area contributed by atoms with Gasteiger partial charge in [0.15, 0.2) is 0 Å². The molecule has 3 nitrogen and oxygen atoms in total.